The van der Waals surface area contributed by atoms with Gasteiger partial charge in [0.05, 0.1) is 0 Å². The summed E-state index contributed by atoms with van der Waals surface area (Å²) in [6.45, 7) is -0.463. The van der Waals surface area contributed by atoms with Crippen LogP contribution in [0.4, 0.5) is 8.78 Å². The van der Waals surface area contributed by atoms with E-state index in [0.29, 0.717) is 6.92 Å². The van der Waals surface area contributed by atoms with E-state index in [4.69, 9.17) is 4.74 Å². The molecule has 4 nitrogen and oxygen atoms in total. The summed E-state index contributed by atoms with van der Waals surface area (Å²) in [5, 5.41) is 2.05. The maximum Gasteiger partial charge on any atom is 0.377 e. The number of rotatable bonds is 5. The summed E-state index contributed by atoms with van der Waals surface area (Å²) < 4.78 is 34.1. The Kier molecular flexibility index (Phi) is 4.70. The molecule has 0 bridgehead atoms. The van der Waals surface area contributed by atoms with Gasteiger partial charge < -0.3 is 9.47 Å². The minimum atomic E-state index is -3.63. The van der Waals surface area contributed by atoms with Crippen LogP contribution < -0.4 is 0 Å². The number of hydrogen-bond acceptors (Lipinski definition) is 4. The van der Waals surface area contributed by atoms with Gasteiger partial charge in [-0.25, -0.2) is 9.59 Å². The van der Waals surface area contributed by atoms with Crippen LogP contribution in [0.2, 0.25) is 0 Å². The van der Waals surface area contributed by atoms with E-state index >= 15 is 0 Å². The van der Waals surface area contributed by atoms with Crippen LogP contribution in [0.25, 0.3) is 10.8 Å². The molecule has 22 heavy (non-hydrogen) atoms. The average Bonchev–Trinajstić information content (AvgIpc) is 2.49. The molecule has 0 unspecified atom stereocenters. The fraction of sp³-hybridized carbons (Fsp3) is 0.250. The molecule has 0 aliphatic carbocycles. The summed E-state index contributed by atoms with van der Waals surface area (Å²) in [7, 11) is 0. The highest BCUT2D eigenvalue weighted by Crippen LogP contribution is 2.16. The van der Waals surface area contributed by atoms with Crippen molar-refractivity contribution >= 4 is 22.7 Å². The molecule has 0 N–H and O–H groups in total. The van der Waals surface area contributed by atoms with Gasteiger partial charge in [0.2, 0.25) is 0 Å². The van der Waals surface area contributed by atoms with E-state index in [-0.39, 0.29) is 6.61 Å². The standard InChI is InChI=1S/C16H14F2O4/c1-16(17,18)15(20)22-10-14(19)21-9-11-6-7-12-4-2-3-5-13(12)8-11/h2-8H,9-10H2,1H3. The minimum Gasteiger partial charge on any atom is -0.458 e. The number of alkyl halides is 2. The first-order valence-electron chi connectivity index (χ1n) is 6.54. The lowest BCUT2D eigenvalue weighted by Crippen LogP contribution is -2.29. The molecule has 2 aromatic carbocycles. The quantitative estimate of drug-likeness (QED) is 0.797. The molecule has 0 saturated carbocycles. The summed E-state index contributed by atoms with van der Waals surface area (Å²) in [5.41, 5.74) is 0.749. The molecule has 0 saturated heterocycles. The highest BCUT2D eigenvalue weighted by atomic mass is 19.3. The second-order valence-corrected chi connectivity index (χ2v) is 4.81. The van der Waals surface area contributed by atoms with Crippen LogP contribution in [0.1, 0.15) is 12.5 Å². The van der Waals surface area contributed by atoms with Crippen molar-refractivity contribution in [2.75, 3.05) is 6.61 Å². The number of esters is 2. The monoisotopic (exact) mass is 308 g/mol. The van der Waals surface area contributed by atoms with Crippen molar-refractivity contribution in [2.45, 2.75) is 19.5 Å². The van der Waals surface area contributed by atoms with E-state index in [2.05, 4.69) is 4.74 Å². The largest absolute Gasteiger partial charge is 0.458 e. The molecule has 0 aliphatic rings. The Balaban J connectivity index is 1.86. The second-order valence-electron chi connectivity index (χ2n) is 4.81. The van der Waals surface area contributed by atoms with E-state index in [1.54, 1.807) is 6.07 Å². The van der Waals surface area contributed by atoms with Crippen LogP contribution in [0.5, 0.6) is 0 Å². The molecule has 116 valence electrons. The molecule has 0 fully saturated rings. The molecule has 0 aliphatic heterocycles. The number of carbonyl (C=O) groups excluding carboxylic acids is 2. The van der Waals surface area contributed by atoms with Crippen molar-refractivity contribution in [1.82, 2.24) is 0 Å². The molecular formula is C16H14F2O4. The van der Waals surface area contributed by atoms with Crippen LogP contribution in [0, 0.1) is 0 Å². The number of carbonyl (C=O) groups is 2. The lowest BCUT2D eigenvalue weighted by Gasteiger charge is -2.10. The third-order valence-corrected chi connectivity index (χ3v) is 2.89. The Labute approximate surface area is 125 Å². The van der Waals surface area contributed by atoms with Crippen LogP contribution >= 0.6 is 0 Å². The van der Waals surface area contributed by atoms with Crippen molar-refractivity contribution in [3.05, 3.63) is 48.0 Å². The smallest absolute Gasteiger partial charge is 0.377 e. The van der Waals surface area contributed by atoms with E-state index < -0.39 is 24.5 Å². The van der Waals surface area contributed by atoms with Crippen molar-refractivity contribution in [3.8, 4) is 0 Å². The summed E-state index contributed by atoms with van der Waals surface area (Å²) >= 11 is 0. The third-order valence-electron chi connectivity index (χ3n) is 2.89. The molecule has 0 atom stereocenters. The van der Waals surface area contributed by atoms with Gasteiger partial charge >= 0.3 is 17.9 Å². The van der Waals surface area contributed by atoms with Gasteiger partial charge in [0.15, 0.2) is 6.61 Å². The maximum absolute atomic E-state index is 12.5. The maximum atomic E-state index is 12.5. The molecule has 0 spiro atoms. The lowest BCUT2D eigenvalue weighted by molar-refractivity contribution is -0.175. The zero-order chi connectivity index (χ0) is 16.2. The predicted molar refractivity (Wildman–Crippen MR) is 75.3 cm³/mol. The molecular weight excluding hydrogens is 294 g/mol. The van der Waals surface area contributed by atoms with Crippen molar-refractivity contribution in [2.24, 2.45) is 0 Å². The van der Waals surface area contributed by atoms with Crippen molar-refractivity contribution in [1.29, 1.82) is 0 Å². The molecule has 2 rings (SSSR count). The first-order valence-corrected chi connectivity index (χ1v) is 6.54. The Morgan fingerprint density at radius 3 is 2.41 bits per heavy atom. The summed E-state index contributed by atoms with van der Waals surface area (Å²) in [4.78, 5) is 22.2. The molecule has 2 aromatic rings. The molecule has 0 amide bonds. The van der Waals surface area contributed by atoms with E-state index in [0.717, 1.165) is 16.3 Å². The molecule has 0 radical (unpaired) electrons. The lowest BCUT2D eigenvalue weighted by atomic mass is 10.1. The average molecular weight is 308 g/mol. The second kappa shape index (κ2) is 6.51. The van der Waals surface area contributed by atoms with Crippen molar-refractivity contribution in [3.63, 3.8) is 0 Å². The summed E-state index contributed by atoms with van der Waals surface area (Å²) in [5.74, 6) is -6.26. The SMILES string of the molecule is CC(F)(F)C(=O)OCC(=O)OCc1ccc2ccccc2c1. The van der Waals surface area contributed by atoms with Gasteiger partial charge in [0.1, 0.15) is 6.61 Å². The Bertz CT molecular complexity index is 692. The number of halogens is 2. The summed E-state index contributed by atoms with van der Waals surface area (Å²) in [6.07, 6.45) is 0. The zero-order valence-corrected chi connectivity index (χ0v) is 11.8. The topological polar surface area (TPSA) is 52.6 Å². The predicted octanol–water partition coefficient (Wildman–Crippen LogP) is 3.08. The normalized spacial score (nSPS) is 11.2. The van der Waals surface area contributed by atoms with Gasteiger partial charge in [0.25, 0.3) is 0 Å². The first-order chi connectivity index (χ1) is 10.4. The van der Waals surface area contributed by atoms with Gasteiger partial charge in [-0.3, -0.25) is 0 Å². The minimum absolute atomic E-state index is 0.0241. The van der Waals surface area contributed by atoms with Crippen LogP contribution in [0.15, 0.2) is 42.5 Å². The molecule has 6 heteroatoms. The zero-order valence-electron chi connectivity index (χ0n) is 11.8. The van der Waals surface area contributed by atoms with Crippen LogP contribution in [-0.2, 0) is 25.7 Å². The highest BCUT2D eigenvalue weighted by Gasteiger charge is 2.34. The Morgan fingerprint density at radius 1 is 1.05 bits per heavy atom. The third kappa shape index (κ3) is 4.25. The highest BCUT2D eigenvalue weighted by molar-refractivity contribution is 5.83. The van der Waals surface area contributed by atoms with Gasteiger partial charge in [-0.05, 0) is 22.4 Å². The number of hydrogen-bond donors (Lipinski definition) is 0. The molecule has 0 heterocycles. The van der Waals surface area contributed by atoms with Gasteiger partial charge in [0, 0.05) is 6.92 Å². The van der Waals surface area contributed by atoms with Crippen LogP contribution in [-0.4, -0.2) is 24.5 Å². The summed E-state index contributed by atoms with van der Waals surface area (Å²) in [6, 6.07) is 13.2. The first kappa shape index (κ1) is 15.9. The fourth-order valence-electron chi connectivity index (χ4n) is 1.79. The van der Waals surface area contributed by atoms with Gasteiger partial charge in [-0.2, -0.15) is 8.78 Å². The van der Waals surface area contributed by atoms with Gasteiger partial charge in [-0.1, -0.05) is 36.4 Å². The van der Waals surface area contributed by atoms with Gasteiger partial charge in [-0.15, -0.1) is 0 Å². The van der Waals surface area contributed by atoms with Crippen molar-refractivity contribution < 1.29 is 27.8 Å². The molecule has 0 aromatic heterocycles. The Morgan fingerprint density at radius 2 is 1.73 bits per heavy atom. The van der Waals surface area contributed by atoms with E-state index in [1.165, 1.54) is 0 Å². The number of benzene rings is 2. The van der Waals surface area contributed by atoms with E-state index in [1.807, 2.05) is 36.4 Å². The number of ether oxygens (including phenoxy) is 2. The number of fused-ring (bicyclic) bond motifs is 1. The Hall–Kier alpha value is -2.50. The fourth-order valence-corrected chi connectivity index (χ4v) is 1.79. The van der Waals surface area contributed by atoms with Crippen LogP contribution in [0.3, 0.4) is 0 Å². The van der Waals surface area contributed by atoms with E-state index in [9.17, 15) is 18.4 Å².